The first-order valence-corrected chi connectivity index (χ1v) is 12.2. The SMILES string of the molecule is O=C(NNc1ncnc(Oc2ccc(Br)c3cccnc23)c1[N+](=O)[O-])C(c1ccccc1)c1ccccc1. The first kappa shape index (κ1) is 24.8. The van der Waals surface area contributed by atoms with Crippen LogP contribution >= 0.6 is 15.9 Å². The lowest BCUT2D eigenvalue weighted by Crippen LogP contribution is -2.35. The van der Waals surface area contributed by atoms with Crippen LogP contribution in [-0.4, -0.2) is 25.8 Å². The number of rotatable bonds is 8. The molecule has 10 nitrogen and oxygen atoms in total. The fourth-order valence-corrected chi connectivity index (χ4v) is 4.42. The van der Waals surface area contributed by atoms with Crippen LogP contribution in [0.15, 0.2) is 102 Å². The third kappa shape index (κ3) is 5.13. The number of nitrogens with zero attached hydrogens (tertiary/aromatic N) is 4. The summed E-state index contributed by atoms with van der Waals surface area (Å²) in [7, 11) is 0. The summed E-state index contributed by atoms with van der Waals surface area (Å²) < 4.78 is 6.64. The molecule has 0 atom stereocenters. The largest absolute Gasteiger partial charge is 0.431 e. The lowest BCUT2D eigenvalue weighted by atomic mass is 9.91. The van der Waals surface area contributed by atoms with Crippen molar-refractivity contribution in [1.82, 2.24) is 20.4 Å². The number of hydrogen-bond acceptors (Lipinski definition) is 8. The molecule has 0 aliphatic carbocycles. The van der Waals surface area contributed by atoms with Gasteiger partial charge in [-0.25, -0.2) is 4.98 Å². The van der Waals surface area contributed by atoms with Gasteiger partial charge in [0, 0.05) is 16.1 Å². The minimum atomic E-state index is -0.676. The topological polar surface area (TPSA) is 132 Å². The van der Waals surface area contributed by atoms with Gasteiger partial charge in [0.1, 0.15) is 11.8 Å². The van der Waals surface area contributed by atoms with Crippen LogP contribution in [0.1, 0.15) is 17.0 Å². The van der Waals surface area contributed by atoms with Crippen LogP contribution in [0.25, 0.3) is 10.9 Å². The lowest BCUT2D eigenvalue weighted by molar-refractivity contribution is -0.385. The van der Waals surface area contributed by atoms with Crippen LogP contribution < -0.4 is 15.6 Å². The molecule has 11 heteroatoms. The van der Waals surface area contributed by atoms with E-state index < -0.39 is 22.4 Å². The molecule has 3 aromatic carbocycles. The van der Waals surface area contributed by atoms with E-state index >= 15 is 0 Å². The zero-order valence-corrected chi connectivity index (χ0v) is 21.2. The van der Waals surface area contributed by atoms with Crippen LogP contribution in [0.3, 0.4) is 0 Å². The molecule has 5 rings (SSSR count). The van der Waals surface area contributed by atoms with Gasteiger partial charge in [0.2, 0.25) is 11.7 Å². The van der Waals surface area contributed by atoms with Crippen LogP contribution in [0, 0.1) is 10.1 Å². The second-order valence-corrected chi connectivity index (χ2v) is 8.90. The Hall–Kier alpha value is -4.90. The summed E-state index contributed by atoms with van der Waals surface area (Å²) in [5.74, 6) is -1.36. The number of carbonyl (C=O) groups excluding carboxylic acids is 1. The second kappa shape index (κ2) is 11.0. The second-order valence-electron chi connectivity index (χ2n) is 8.05. The molecule has 2 N–H and O–H groups in total. The van der Waals surface area contributed by atoms with Crippen molar-refractivity contribution in [3.8, 4) is 11.6 Å². The van der Waals surface area contributed by atoms with E-state index in [9.17, 15) is 14.9 Å². The number of fused-ring (bicyclic) bond motifs is 1. The summed E-state index contributed by atoms with van der Waals surface area (Å²) in [6, 6.07) is 25.4. The van der Waals surface area contributed by atoms with Crippen LogP contribution in [0.2, 0.25) is 0 Å². The minimum absolute atomic E-state index is 0.234. The number of hydrazine groups is 1. The van der Waals surface area contributed by atoms with Crippen molar-refractivity contribution < 1.29 is 14.5 Å². The van der Waals surface area contributed by atoms with Crippen molar-refractivity contribution in [2.24, 2.45) is 0 Å². The van der Waals surface area contributed by atoms with Gasteiger partial charge >= 0.3 is 11.6 Å². The highest BCUT2D eigenvalue weighted by Gasteiger charge is 2.28. The van der Waals surface area contributed by atoms with Crippen molar-refractivity contribution in [3.63, 3.8) is 0 Å². The molecule has 0 fully saturated rings. The molecular formula is C27H19BrN6O4. The summed E-state index contributed by atoms with van der Waals surface area (Å²) in [5, 5.41) is 12.8. The van der Waals surface area contributed by atoms with Crippen LogP contribution in [0.4, 0.5) is 11.5 Å². The molecule has 2 heterocycles. The van der Waals surface area contributed by atoms with E-state index in [1.165, 1.54) is 0 Å². The number of amides is 1. The maximum absolute atomic E-state index is 13.3. The molecule has 2 aromatic heterocycles. The van der Waals surface area contributed by atoms with E-state index in [-0.39, 0.29) is 17.4 Å². The molecular weight excluding hydrogens is 552 g/mol. The fourth-order valence-electron chi connectivity index (χ4n) is 3.97. The molecule has 38 heavy (non-hydrogen) atoms. The van der Waals surface area contributed by atoms with Crippen LogP contribution in [-0.2, 0) is 4.79 Å². The van der Waals surface area contributed by atoms with Gasteiger partial charge < -0.3 is 4.74 Å². The predicted octanol–water partition coefficient (Wildman–Crippen LogP) is 5.76. The maximum Gasteiger partial charge on any atom is 0.374 e. The molecule has 1 amide bonds. The molecule has 0 aliphatic rings. The number of nitrogens with one attached hydrogen (secondary N) is 2. The Kier molecular flexibility index (Phi) is 7.18. The van der Waals surface area contributed by atoms with Gasteiger partial charge in [0.15, 0.2) is 5.75 Å². The Bertz CT molecular complexity index is 1580. The normalized spacial score (nSPS) is 10.8. The first-order chi connectivity index (χ1) is 18.5. The van der Waals surface area contributed by atoms with Gasteiger partial charge in [-0.15, -0.1) is 0 Å². The molecule has 0 unspecified atom stereocenters. The van der Waals surface area contributed by atoms with E-state index in [1.807, 2.05) is 66.7 Å². The lowest BCUT2D eigenvalue weighted by Gasteiger charge is -2.18. The van der Waals surface area contributed by atoms with Crippen LogP contribution in [0.5, 0.6) is 11.6 Å². The molecule has 0 bridgehead atoms. The average molecular weight is 571 g/mol. The number of pyridine rings is 1. The van der Waals surface area contributed by atoms with E-state index in [1.54, 1.807) is 24.4 Å². The Labute approximate surface area is 225 Å². The average Bonchev–Trinajstić information content (AvgIpc) is 2.95. The van der Waals surface area contributed by atoms with Gasteiger partial charge in [-0.2, -0.15) is 4.98 Å². The number of halogens is 1. The number of benzene rings is 3. The number of anilines is 1. The first-order valence-electron chi connectivity index (χ1n) is 11.4. The Morgan fingerprint density at radius 3 is 2.24 bits per heavy atom. The fraction of sp³-hybridized carbons (Fsp3) is 0.0370. The molecule has 0 spiro atoms. The standard InChI is InChI=1S/C27H19BrN6O4/c28-20-13-14-21(23-19(20)12-7-15-29-23)38-27-24(34(36)37)25(30-16-31-27)32-33-26(35)22(17-8-3-1-4-9-17)18-10-5-2-6-11-18/h1-16,22H,(H,33,35)(H,30,31,32). The predicted molar refractivity (Wildman–Crippen MR) is 145 cm³/mol. The van der Waals surface area contributed by atoms with E-state index in [0.717, 1.165) is 27.3 Å². The van der Waals surface area contributed by atoms with E-state index in [4.69, 9.17) is 4.74 Å². The zero-order chi connectivity index (χ0) is 26.5. The van der Waals surface area contributed by atoms with E-state index in [2.05, 4.69) is 41.7 Å². The number of aromatic nitrogens is 3. The Morgan fingerprint density at radius 1 is 0.895 bits per heavy atom. The highest BCUT2D eigenvalue weighted by atomic mass is 79.9. The quantitative estimate of drug-likeness (QED) is 0.177. The molecule has 0 saturated heterocycles. The molecule has 0 saturated carbocycles. The Morgan fingerprint density at radius 2 is 1.58 bits per heavy atom. The van der Waals surface area contributed by atoms with Gasteiger partial charge in [-0.1, -0.05) is 82.7 Å². The van der Waals surface area contributed by atoms with Crippen molar-refractivity contribution in [1.29, 1.82) is 0 Å². The highest BCUT2D eigenvalue weighted by molar-refractivity contribution is 9.10. The smallest absolute Gasteiger partial charge is 0.374 e. The third-order valence-corrected chi connectivity index (χ3v) is 6.38. The van der Waals surface area contributed by atoms with E-state index in [0.29, 0.717) is 5.52 Å². The molecule has 5 aromatic rings. The van der Waals surface area contributed by atoms with Gasteiger partial charge in [0.25, 0.3) is 0 Å². The molecule has 0 aliphatic heterocycles. The maximum atomic E-state index is 13.3. The summed E-state index contributed by atoms with van der Waals surface area (Å²) >= 11 is 3.47. The number of carbonyl (C=O) groups is 1. The van der Waals surface area contributed by atoms with Crippen molar-refractivity contribution in [3.05, 3.63) is 123 Å². The summed E-state index contributed by atoms with van der Waals surface area (Å²) in [6.07, 6.45) is 2.70. The van der Waals surface area contributed by atoms with Crippen molar-refractivity contribution in [2.75, 3.05) is 5.43 Å². The monoisotopic (exact) mass is 570 g/mol. The highest BCUT2D eigenvalue weighted by Crippen LogP contribution is 2.37. The summed E-state index contributed by atoms with van der Waals surface area (Å²) in [6.45, 7) is 0. The van der Waals surface area contributed by atoms with Gasteiger partial charge in [-0.05, 0) is 29.3 Å². The third-order valence-electron chi connectivity index (χ3n) is 5.69. The summed E-state index contributed by atoms with van der Waals surface area (Å²) in [4.78, 5) is 37.0. The van der Waals surface area contributed by atoms with Gasteiger partial charge in [-0.3, -0.25) is 30.7 Å². The molecule has 0 radical (unpaired) electrons. The van der Waals surface area contributed by atoms with Crippen molar-refractivity contribution in [2.45, 2.75) is 5.92 Å². The minimum Gasteiger partial charge on any atom is -0.431 e. The zero-order valence-electron chi connectivity index (χ0n) is 19.6. The number of hydrogen-bond donors (Lipinski definition) is 2. The number of ether oxygens (including phenoxy) is 1. The Balaban J connectivity index is 1.44. The van der Waals surface area contributed by atoms with Crippen molar-refractivity contribution >= 4 is 44.2 Å². The number of nitro groups is 1. The van der Waals surface area contributed by atoms with Gasteiger partial charge in [0.05, 0.1) is 10.8 Å². The summed E-state index contributed by atoms with van der Waals surface area (Å²) in [5.41, 5.74) is 6.62. The molecule has 188 valence electrons.